The summed E-state index contributed by atoms with van der Waals surface area (Å²) in [7, 11) is 0. The third-order valence-electron chi connectivity index (χ3n) is 2.73. The summed E-state index contributed by atoms with van der Waals surface area (Å²) in [5.41, 5.74) is 0. The fourth-order valence-electron chi connectivity index (χ4n) is 1.53. The van der Waals surface area contributed by atoms with E-state index in [1.807, 2.05) is 13.8 Å². The normalized spacial score (nSPS) is 14.1. The number of ether oxygens (including phenoxy) is 3. The molecule has 5 nitrogen and oxygen atoms in total. The van der Waals surface area contributed by atoms with Crippen molar-refractivity contribution in [1.82, 2.24) is 5.32 Å². The molecule has 18 heavy (non-hydrogen) atoms. The van der Waals surface area contributed by atoms with Crippen LogP contribution in [0.3, 0.4) is 0 Å². The number of fused-ring (bicyclic) bond motifs is 1. The highest BCUT2D eigenvalue weighted by atomic mass is 16.7. The van der Waals surface area contributed by atoms with Crippen molar-refractivity contribution in [3.8, 4) is 17.2 Å². The lowest BCUT2D eigenvalue weighted by Gasteiger charge is -2.12. The van der Waals surface area contributed by atoms with Crippen molar-refractivity contribution in [1.29, 1.82) is 0 Å². The minimum Gasteiger partial charge on any atom is -0.484 e. The highest BCUT2D eigenvalue weighted by molar-refractivity contribution is 5.77. The molecule has 1 aliphatic rings. The predicted molar refractivity (Wildman–Crippen MR) is 66.0 cm³/mol. The molecule has 5 heteroatoms. The topological polar surface area (TPSA) is 56.8 Å². The van der Waals surface area contributed by atoms with Crippen molar-refractivity contribution in [3.63, 3.8) is 0 Å². The quantitative estimate of drug-likeness (QED) is 0.865. The molecule has 0 spiro atoms. The zero-order valence-corrected chi connectivity index (χ0v) is 10.6. The second-order valence-electron chi connectivity index (χ2n) is 4.18. The molecule has 1 amide bonds. The number of rotatable bonds is 5. The summed E-state index contributed by atoms with van der Waals surface area (Å²) in [6.07, 6.45) is 0.899. The molecular formula is C13H17NO4. The fraction of sp³-hybridized carbons (Fsp3) is 0.462. The number of carbonyl (C=O) groups is 1. The van der Waals surface area contributed by atoms with Crippen molar-refractivity contribution >= 4 is 5.91 Å². The van der Waals surface area contributed by atoms with Gasteiger partial charge in [-0.05, 0) is 25.5 Å². The Balaban J connectivity index is 1.85. The summed E-state index contributed by atoms with van der Waals surface area (Å²) in [4.78, 5) is 11.5. The first-order chi connectivity index (χ1) is 8.69. The zero-order chi connectivity index (χ0) is 13.0. The molecular weight excluding hydrogens is 234 g/mol. The van der Waals surface area contributed by atoms with Crippen LogP contribution >= 0.6 is 0 Å². The van der Waals surface area contributed by atoms with Crippen molar-refractivity contribution in [2.45, 2.75) is 26.3 Å². The average Bonchev–Trinajstić information content (AvgIpc) is 2.83. The molecule has 1 N–H and O–H groups in total. The Morgan fingerprint density at radius 3 is 3.00 bits per heavy atom. The van der Waals surface area contributed by atoms with Gasteiger partial charge in [0.1, 0.15) is 5.75 Å². The number of benzene rings is 1. The van der Waals surface area contributed by atoms with Crippen molar-refractivity contribution < 1.29 is 19.0 Å². The van der Waals surface area contributed by atoms with E-state index in [-0.39, 0.29) is 25.3 Å². The lowest BCUT2D eigenvalue weighted by molar-refractivity contribution is -0.123. The summed E-state index contributed by atoms with van der Waals surface area (Å²) in [6, 6.07) is 5.41. The van der Waals surface area contributed by atoms with Crippen LogP contribution in [0.2, 0.25) is 0 Å². The largest absolute Gasteiger partial charge is 0.484 e. The van der Waals surface area contributed by atoms with Crippen LogP contribution in [0.5, 0.6) is 17.2 Å². The molecule has 0 saturated heterocycles. The highest BCUT2D eigenvalue weighted by Crippen LogP contribution is 2.34. The third-order valence-corrected chi connectivity index (χ3v) is 2.73. The van der Waals surface area contributed by atoms with Gasteiger partial charge in [-0.15, -0.1) is 0 Å². The first-order valence-electron chi connectivity index (χ1n) is 6.01. The molecule has 1 heterocycles. The van der Waals surface area contributed by atoms with Gasteiger partial charge >= 0.3 is 0 Å². The second-order valence-corrected chi connectivity index (χ2v) is 4.18. The highest BCUT2D eigenvalue weighted by Gasteiger charge is 2.14. The first-order valence-corrected chi connectivity index (χ1v) is 6.01. The van der Waals surface area contributed by atoms with Gasteiger partial charge < -0.3 is 19.5 Å². The molecule has 1 aliphatic heterocycles. The second kappa shape index (κ2) is 5.62. The Morgan fingerprint density at radius 2 is 2.22 bits per heavy atom. The number of carbonyl (C=O) groups excluding carboxylic acids is 1. The Bertz CT molecular complexity index is 433. The molecule has 1 aromatic rings. The average molecular weight is 251 g/mol. The Labute approximate surface area is 106 Å². The van der Waals surface area contributed by atoms with Crippen LogP contribution in [0.4, 0.5) is 0 Å². The van der Waals surface area contributed by atoms with Gasteiger partial charge in [0, 0.05) is 12.1 Å². The first kappa shape index (κ1) is 12.5. The van der Waals surface area contributed by atoms with Crippen LogP contribution in [-0.2, 0) is 4.79 Å². The molecule has 0 aliphatic carbocycles. The molecule has 0 fully saturated rings. The van der Waals surface area contributed by atoms with E-state index in [1.165, 1.54) is 0 Å². The maximum Gasteiger partial charge on any atom is 0.258 e. The van der Waals surface area contributed by atoms with E-state index >= 15 is 0 Å². The molecule has 0 radical (unpaired) electrons. The van der Waals surface area contributed by atoms with Crippen LogP contribution in [-0.4, -0.2) is 25.3 Å². The van der Waals surface area contributed by atoms with Gasteiger partial charge in [0.15, 0.2) is 18.1 Å². The third kappa shape index (κ3) is 3.06. The summed E-state index contributed by atoms with van der Waals surface area (Å²) < 4.78 is 15.8. The zero-order valence-electron chi connectivity index (χ0n) is 10.6. The maximum absolute atomic E-state index is 11.5. The van der Waals surface area contributed by atoms with E-state index in [0.29, 0.717) is 17.2 Å². The summed E-state index contributed by atoms with van der Waals surface area (Å²) in [5, 5.41) is 2.83. The summed E-state index contributed by atoms with van der Waals surface area (Å²) >= 11 is 0. The predicted octanol–water partition coefficient (Wildman–Crippen LogP) is 1.71. The van der Waals surface area contributed by atoms with Crippen LogP contribution < -0.4 is 19.5 Å². The van der Waals surface area contributed by atoms with Crippen LogP contribution in [0, 0.1) is 0 Å². The SMILES string of the molecule is CCC(C)NC(=O)COc1ccc2c(c1)OCO2. The van der Waals surface area contributed by atoms with Crippen LogP contribution in [0.1, 0.15) is 20.3 Å². The Kier molecular flexibility index (Phi) is 3.92. The van der Waals surface area contributed by atoms with E-state index in [4.69, 9.17) is 14.2 Å². The minimum atomic E-state index is -0.123. The Hall–Kier alpha value is -1.91. The molecule has 1 unspecified atom stereocenters. The number of nitrogens with one attached hydrogen (secondary N) is 1. The van der Waals surface area contributed by atoms with Gasteiger partial charge in [-0.1, -0.05) is 6.92 Å². The van der Waals surface area contributed by atoms with E-state index in [0.717, 1.165) is 6.42 Å². The van der Waals surface area contributed by atoms with Gasteiger partial charge in [0.25, 0.3) is 5.91 Å². The summed E-state index contributed by atoms with van der Waals surface area (Å²) in [5.74, 6) is 1.82. The Morgan fingerprint density at radius 1 is 1.44 bits per heavy atom. The maximum atomic E-state index is 11.5. The van der Waals surface area contributed by atoms with E-state index in [1.54, 1.807) is 18.2 Å². The van der Waals surface area contributed by atoms with Crippen LogP contribution in [0.15, 0.2) is 18.2 Å². The van der Waals surface area contributed by atoms with Crippen molar-refractivity contribution in [2.75, 3.05) is 13.4 Å². The molecule has 1 aromatic carbocycles. The van der Waals surface area contributed by atoms with E-state index in [2.05, 4.69) is 5.32 Å². The molecule has 2 rings (SSSR count). The van der Waals surface area contributed by atoms with Gasteiger partial charge in [0.2, 0.25) is 6.79 Å². The number of hydrogen-bond acceptors (Lipinski definition) is 4. The van der Waals surface area contributed by atoms with E-state index in [9.17, 15) is 4.79 Å². The van der Waals surface area contributed by atoms with Crippen molar-refractivity contribution in [3.05, 3.63) is 18.2 Å². The lowest BCUT2D eigenvalue weighted by atomic mass is 10.2. The van der Waals surface area contributed by atoms with Gasteiger partial charge in [-0.25, -0.2) is 0 Å². The fourth-order valence-corrected chi connectivity index (χ4v) is 1.53. The number of hydrogen-bond donors (Lipinski definition) is 1. The van der Waals surface area contributed by atoms with Crippen LogP contribution in [0.25, 0.3) is 0 Å². The molecule has 98 valence electrons. The molecule has 0 bridgehead atoms. The molecule has 1 atom stereocenters. The van der Waals surface area contributed by atoms with E-state index < -0.39 is 0 Å². The minimum absolute atomic E-state index is 0.00395. The molecule has 0 aromatic heterocycles. The van der Waals surface area contributed by atoms with Gasteiger partial charge in [0.05, 0.1) is 0 Å². The standard InChI is InChI=1S/C13H17NO4/c1-3-9(2)14-13(15)7-16-10-4-5-11-12(6-10)18-8-17-11/h4-6,9H,3,7-8H2,1-2H3,(H,14,15). The lowest BCUT2D eigenvalue weighted by Crippen LogP contribution is -2.35. The van der Waals surface area contributed by atoms with Gasteiger partial charge in [-0.2, -0.15) is 0 Å². The molecule has 0 saturated carbocycles. The summed E-state index contributed by atoms with van der Waals surface area (Å²) in [6.45, 7) is 4.21. The van der Waals surface area contributed by atoms with Crippen molar-refractivity contribution in [2.24, 2.45) is 0 Å². The van der Waals surface area contributed by atoms with Gasteiger partial charge in [-0.3, -0.25) is 4.79 Å². The smallest absolute Gasteiger partial charge is 0.258 e. The monoisotopic (exact) mass is 251 g/mol. The number of amides is 1.